The molecule has 7 heteroatoms. The Morgan fingerprint density at radius 2 is 1.96 bits per heavy atom. The number of aryl methyl sites for hydroxylation is 2. The Hall–Kier alpha value is -2.18. The van der Waals surface area contributed by atoms with Gasteiger partial charge in [-0.25, -0.2) is 9.67 Å². The maximum absolute atomic E-state index is 12.3. The highest BCUT2D eigenvalue weighted by Gasteiger charge is 2.17. The molecule has 0 saturated carbocycles. The second kappa shape index (κ2) is 6.75. The van der Waals surface area contributed by atoms with Gasteiger partial charge in [0.15, 0.2) is 0 Å². The van der Waals surface area contributed by atoms with Crippen molar-refractivity contribution >= 4 is 34.5 Å². The van der Waals surface area contributed by atoms with Gasteiger partial charge in [-0.2, -0.15) is 5.10 Å². The van der Waals surface area contributed by atoms with E-state index in [-0.39, 0.29) is 12.3 Å². The molecule has 0 saturated heterocycles. The number of rotatable bonds is 4. The monoisotopic (exact) mass is 360 g/mol. The van der Waals surface area contributed by atoms with E-state index < -0.39 is 0 Å². The number of nitrogens with one attached hydrogen (secondary N) is 1. The highest BCUT2D eigenvalue weighted by Crippen LogP contribution is 2.21. The van der Waals surface area contributed by atoms with Crippen LogP contribution in [0.25, 0.3) is 5.13 Å². The summed E-state index contributed by atoms with van der Waals surface area (Å²) in [4.78, 5) is 16.8. The Morgan fingerprint density at radius 3 is 2.58 bits per heavy atom. The van der Waals surface area contributed by atoms with Gasteiger partial charge in [0.05, 0.1) is 17.8 Å². The molecule has 3 rings (SSSR count). The van der Waals surface area contributed by atoms with E-state index in [9.17, 15) is 4.79 Å². The SMILES string of the molecule is Cc1csc(-n2nc(C)c(CC(=O)Nc3ccc(Cl)cc3)c2C)n1. The number of hydrogen-bond donors (Lipinski definition) is 1. The Labute approximate surface area is 149 Å². The number of aromatic nitrogens is 3. The predicted molar refractivity (Wildman–Crippen MR) is 97.2 cm³/mol. The minimum absolute atomic E-state index is 0.0848. The van der Waals surface area contributed by atoms with Gasteiger partial charge in [0.25, 0.3) is 0 Å². The molecule has 5 nitrogen and oxygen atoms in total. The van der Waals surface area contributed by atoms with E-state index in [4.69, 9.17) is 11.6 Å². The fourth-order valence-corrected chi connectivity index (χ4v) is 3.38. The first-order valence-electron chi connectivity index (χ1n) is 7.47. The van der Waals surface area contributed by atoms with Crippen molar-refractivity contribution in [2.45, 2.75) is 27.2 Å². The molecule has 0 fully saturated rings. The van der Waals surface area contributed by atoms with Crippen molar-refractivity contribution in [2.75, 3.05) is 5.32 Å². The van der Waals surface area contributed by atoms with Gasteiger partial charge in [0, 0.05) is 27.3 Å². The Morgan fingerprint density at radius 1 is 1.25 bits per heavy atom. The third-order valence-corrected chi connectivity index (χ3v) is 4.88. The lowest BCUT2D eigenvalue weighted by molar-refractivity contribution is -0.115. The lowest BCUT2D eigenvalue weighted by Crippen LogP contribution is -2.15. The van der Waals surface area contributed by atoms with Crippen LogP contribution in [0.2, 0.25) is 5.02 Å². The van der Waals surface area contributed by atoms with Crippen LogP contribution >= 0.6 is 22.9 Å². The van der Waals surface area contributed by atoms with Crippen molar-refractivity contribution in [2.24, 2.45) is 0 Å². The molecule has 2 aromatic heterocycles. The Balaban J connectivity index is 1.78. The van der Waals surface area contributed by atoms with E-state index in [1.807, 2.05) is 26.2 Å². The molecule has 0 aliphatic carbocycles. The van der Waals surface area contributed by atoms with Gasteiger partial charge in [-0.05, 0) is 45.0 Å². The second-order valence-corrected chi connectivity index (χ2v) is 6.84. The first-order valence-corrected chi connectivity index (χ1v) is 8.73. The zero-order chi connectivity index (χ0) is 17.3. The van der Waals surface area contributed by atoms with Crippen molar-refractivity contribution in [3.05, 3.63) is 57.3 Å². The van der Waals surface area contributed by atoms with Crippen LogP contribution in [0, 0.1) is 20.8 Å². The summed E-state index contributed by atoms with van der Waals surface area (Å²) in [6, 6.07) is 7.05. The molecule has 3 aromatic rings. The number of halogens is 1. The first kappa shape index (κ1) is 16.7. The number of nitrogens with zero attached hydrogens (tertiary/aromatic N) is 3. The number of carbonyl (C=O) groups is 1. The molecule has 0 bridgehead atoms. The topological polar surface area (TPSA) is 59.8 Å². The van der Waals surface area contributed by atoms with Crippen molar-refractivity contribution in [3.63, 3.8) is 0 Å². The summed E-state index contributed by atoms with van der Waals surface area (Å²) in [6.07, 6.45) is 0.269. The van der Waals surface area contributed by atoms with E-state index >= 15 is 0 Å². The molecule has 1 amide bonds. The highest BCUT2D eigenvalue weighted by molar-refractivity contribution is 7.12. The summed E-state index contributed by atoms with van der Waals surface area (Å²) < 4.78 is 1.80. The minimum atomic E-state index is -0.0848. The van der Waals surface area contributed by atoms with E-state index in [1.165, 1.54) is 11.3 Å². The molecule has 0 spiro atoms. The van der Waals surface area contributed by atoms with Crippen LogP contribution in [0.4, 0.5) is 5.69 Å². The molecule has 0 aliphatic heterocycles. The summed E-state index contributed by atoms with van der Waals surface area (Å²) in [5.41, 5.74) is 4.39. The van der Waals surface area contributed by atoms with Crippen molar-refractivity contribution in [1.29, 1.82) is 0 Å². The summed E-state index contributed by atoms with van der Waals surface area (Å²) in [6.45, 7) is 5.82. The zero-order valence-corrected chi connectivity index (χ0v) is 15.2. The average Bonchev–Trinajstić information content (AvgIpc) is 3.08. The van der Waals surface area contributed by atoms with Gasteiger partial charge >= 0.3 is 0 Å². The molecule has 2 heterocycles. The third kappa shape index (κ3) is 3.49. The lowest BCUT2D eigenvalue weighted by Gasteiger charge is -2.06. The maximum Gasteiger partial charge on any atom is 0.228 e. The summed E-state index contributed by atoms with van der Waals surface area (Å²) >= 11 is 7.39. The normalized spacial score (nSPS) is 10.8. The quantitative estimate of drug-likeness (QED) is 0.762. The number of anilines is 1. The highest BCUT2D eigenvalue weighted by atomic mass is 35.5. The average molecular weight is 361 g/mol. The predicted octanol–water partition coefficient (Wildman–Crippen LogP) is 4.09. The van der Waals surface area contributed by atoms with Crippen molar-refractivity contribution < 1.29 is 4.79 Å². The number of amides is 1. The van der Waals surface area contributed by atoms with Crippen LogP contribution in [0.3, 0.4) is 0 Å². The van der Waals surface area contributed by atoms with Gasteiger partial charge in [0.1, 0.15) is 0 Å². The summed E-state index contributed by atoms with van der Waals surface area (Å²) in [7, 11) is 0. The molecule has 1 aromatic carbocycles. The van der Waals surface area contributed by atoms with Gasteiger partial charge < -0.3 is 5.32 Å². The zero-order valence-electron chi connectivity index (χ0n) is 13.6. The summed E-state index contributed by atoms with van der Waals surface area (Å²) in [5, 5.41) is 10.9. The Kier molecular flexibility index (Phi) is 4.69. The number of thiazole rings is 1. The molecule has 0 atom stereocenters. The fraction of sp³-hybridized carbons (Fsp3) is 0.235. The lowest BCUT2D eigenvalue weighted by atomic mass is 10.1. The summed E-state index contributed by atoms with van der Waals surface area (Å²) in [5.74, 6) is -0.0848. The largest absolute Gasteiger partial charge is 0.326 e. The van der Waals surface area contributed by atoms with Crippen LogP contribution in [0.1, 0.15) is 22.6 Å². The van der Waals surface area contributed by atoms with Crippen LogP contribution in [0.15, 0.2) is 29.6 Å². The van der Waals surface area contributed by atoms with E-state index in [0.717, 1.165) is 33.5 Å². The van der Waals surface area contributed by atoms with Gasteiger partial charge in [-0.15, -0.1) is 11.3 Å². The van der Waals surface area contributed by atoms with E-state index in [2.05, 4.69) is 15.4 Å². The molecular weight excluding hydrogens is 344 g/mol. The number of hydrogen-bond acceptors (Lipinski definition) is 4. The standard InChI is InChI=1S/C17H17ClN4OS/c1-10-9-24-17(19-10)22-12(3)15(11(2)21-22)8-16(23)20-14-6-4-13(18)5-7-14/h4-7,9H,8H2,1-3H3,(H,20,23). The smallest absolute Gasteiger partial charge is 0.228 e. The molecule has 0 aliphatic rings. The van der Waals surface area contributed by atoms with Crippen molar-refractivity contribution in [1.82, 2.24) is 14.8 Å². The van der Waals surface area contributed by atoms with Crippen LogP contribution < -0.4 is 5.32 Å². The molecular formula is C17H17ClN4OS. The second-order valence-electron chi connectivity index (χ2n) is 5.56. The van der Waals surface area contributed by atoms with Crippen LogP contribution in [-0.4, -0.2) is 20.7 Å². The Bertz CT molecular complexity index is 883. The first-order chi connectivity index (χ1) is 11.4. The van der Waals surface area contributed by atoms with Gasteiger partial charge in [-0.1, -0.05) is 11.6 Å². The van der Waals surface area contributed by atoms with Crippen LogP contribution in [0.5, 0.6) is 0 Å². The molecule has 0 radical (unpaired) electrons. The molecule has 0 unspecified atom stereocenters. The van der Waals surface area contributed by atoms with Crippen LogP contribution in [-0.2, 0) is 11.2 Å². The van der Waals surface area contributed by atoms with Gasteiger partial charge in [0.2, 0.25) is 11.0 Å². The van der Waals surface area contributed by atoms with E-state index in [1.54, 1.807) is 28.9 Å². The maximum atomic E-state index is 12.3. The molecule has 124 valence electrons. The van der Waals surface area contributed by atoms with Gasteiger partial charge in [-0.3, -0.25) is 4.79 Å². The van der Waals surface area contributed by atoms with E-state index in [0.29, 0.717) is 5.02 Å². The molecule has 24 heavy (non-hydrogen) atoms. The van der Waals surface area contributed by atoms with Crippen molar-refractivity contribution in [3.8, 4) is 5.13 Å². The third-order valence-electron chi connectivity index (χ3n) is 3.69. The molecule has 1 N–H and O–H groups in total. The number of benzene rings is 1. The minimum Gasteiger partial charge on any atom is -0.326 e. The fourth-order valence-electron chi connectivity index (χ4n) is 2.45. The number of carbonyl (C=O) groups excluding carboxylic acids is 1.